The number of halogens is 1. The van der Waals surface area contributed by atoms with Crippen molar-refractivity contribution in [1.82, 2.24) is 15.0 Å². The standard InChI is InChI=1S/C15H17ClN4O2/c1-4-5-8-15(2,13(21)22-3)20-12-11-10(7-6-9-17-11)18-14(16)19-12/h4,6-7,9H,1,5,8H2,2-3H3,(H,18,19,20)/t15-/m1/s1. The van der Waals surface area contributed by atoms with Crippen LogP contribution < -0.4 is 5.32 Å². The second-order valence-corrected chi connectivity index (χ2v) is 5.33. The van der Waals surface area contributed by atoms with Crippen LogP contribution in [0.15, 0.2) is 31.0 Å². The molecule has 0 bridgehead atoms. The van der Waals surface area contributed by atoms with Gasteiger partial charge >= 0.3 is 5.97 Å². The molecule has 2 rings (SSSR count). The van der Waals surface area contributed by atoms with Gasteiger partial charge in [0.05, 0.1) is 12.6 Å². The Morgan fingerprint density at radius 3 is 3.00 bits per heavy atom. The van der Waals surface area contributed by atoms with E-state index < -0.39 is 11.5 Å². The number of pyridine rings is 1. The minimum atomic E-state index is -0.967. The van der Waals surface area contributed by atoms with Crippen molar-refractivity contribution in [2.24, 2.45) is 0 Å². The summed E-state index contributed by atoms with van der Waals surface area (Å²) in [7, 11) is 1.35. The Labute approximate surface area is 133 Å². The van der Waals surface area contributed by atoms with Crippen LogP contribution in [0.25, 0.3) is 11.0 Å². The van der Waals surface area contributed by atoms with Crippen LogP contribution in [0.5, 0.6) is 0 Å². The number of rotatable bonds is 6. The lowest BCUT2D eigenvalue weighted by Gasteiger charge is -2.28. The van der Waals surface area contributed by atoms with E-state index in [1.54, 1.807) is 31.3 Å². The number of methoxy groups -OCH3 is 1. The van der Waals surface area contributed by atoms with Crippen molar-refractivity contribution in [3.05, 3.63) is 36.3 Å². The van der Waals surface area contributed by atoms with E-state index in [0.717, 1.165) is 0 Å². The zero-order valence-electron chi connectivity index (χ0n) is 12.5. The van der Waals surface area contributed by atoms with Gasteiger partial charge in [-0.1, -0.05) is 6.08 Å². The third-order valence-electron chi connectivity index (χ3n) is 3.31. The van der Waals surface area contributed by atoms with Gasteiger partial charge in [0.15, 0.2) is 5.82 Å². The molecule has 0 aliphatic rings. The van der Waals surface area contributed by atoms with Gasteiger partial charge in [0.25, 0.3) is 0 Å². The highest BCUT2D eigenvalue weighted by molar-refractivity contribution is 6.28. The second-order valence-electron chi connectivity index (χ2n) is 4.99. The first-order valence-corrected chi connectivity index (χ1v) is 7.14. The number of carbonyl (C=O) groups excluding carboxylic acids is 1. The summed E-state index contributed by atoms with van der Waals surface area (Å²) in [4.78, 5) is 24.7. The normalized spacial score (nSPS) is 13.4. The smallest absolute Gasteiger partial charge is 0.331 e. The lowest BCUT2D eigenvalue weighted by Crippen LogP contribution is -2.44. The number of nitrogens with one attached hydrogen (secondary N) is 1. The molecule has 7 heteroatoms. The van der Waals surface area contributed by atoms with E-state index in [1.807, 2.05) is 0 Å². The first kappa shape index (κ1) is 16.2. The molecule has 0 unspecified atom stereocenters. The largest absolute Gasteiger partial charge is 0.467 e. The SMILES string of the molecule is C=CCC[C@@](C)(Nc1nc(Cl)nc2cccnc12)C(=O)OC. The Morgan fingerprint density at radius 2 is 2.32 bits per heavy atom. The number of carbonyl (C=O) groups is 1. The molecule has 22 heavy (non-hydrogen) atoms. The van der Waals surface area contributed by atoms with Gasteiger partial charge in [-0.25, -0.2) is 9.78 Å². The molecule has 0 saturated heterocycles. The molecule has 2 aromatic heterocycles. The van der Waals surface area contributed by atoms with Gasteiger partial charge in [0, 0.05) is 6.20 Å². The molecule has 0 spiro atoms. The lowest BCUT2D eigenvalue weighted by atomic mass is 9.95. The predicted octanol–water partition coefficient (Wildman–Crippen LogP) is 2.99. The summed E-state index contributed by atoms with van der Waals surface area (Å²) < 4.78 is 4.89. The van der Waals surface area contributed by atoms with E-state index in [0.29, 0.717) is 29.7 Å². The Morgan fingerprint density at radius 1 is 1.55 bits per heavy atom. The fourth-order valence-electron chi connectivity index (χ4n) is 2.12. The molecule has 1 atom stereocenters. The number of hydrogen-bond acceptors (Lipinski definition) is 6. The maximum Gasteiger partial charge on any atom is 0.331 e. The van der Waals surface area contributed by atoms with Crippen molar-refractivity contribution in [1.29, 1.82) is 0 Å². The fraction of sp³-hybridized carbons (Fsp3) is 0.333. The van der Waals surface area contributed by atoms with Gasteiger partial charge in [0.1, 0.15) is 11.1 Å². The zero-order chi connectivity index (χ0) is 16.2. The molecule has 0 aliphatic heterocycles. The van der Waals surface area contributed by atoms with Crippen molar-refractivity contribution in [3.8, 4) is 0 Å². The van der Waals surface area contributed by atoms with E-state index in [1.165, 1.54) is 7.11 Å². The summed E-state index contributed by atoms with van der Waals surface area (Å²) in [5.74, 6) is 0.000674. The molecule has 116 valence electrons. The van der Waals surface area contributed by atoms with Crippen LogP contribution in [0.1, 0.15) is 19.8 Å². The van der Waals surface area contributed by atoms with Gasteiger partial charge in [-0.3, -0.25) is 4.98 Å². The van der Waals surface area contributed by atoms with E-state index in [2.05, 4.69) is 26.8 Å². The molecular weight excluding hydrogens is 304 g/mol. The van der Waals surface area contributed by atoms with Crippen LogP contribution in [-0.4, -0.2) is 33.6 Å². The average Bonchev–Trinajstić information content (AvgIpc) is 2.52. The number of fused-ring (bicyclic) bond motifs is 1. The number of esters is 1. The van der Waals surface area contributed by atoms with Crippen LogP contribution >= 0.6 is 11.6 Å². The number of hydrogen-bond donors (Lipinski definition) is 1. The molecule has 2 aromatic rings. The summed E-state index contributed by atoms with van der Waals surface area (Å²) in [6.45, 7) is 5.42. The summed E-state index contributed by atoms with van der Waals surface area (Å²) in [6.07, 6.45) is 4.51. The number of nitrogens with zero attached hydrogens (tertiary/aromatic N) is 3. The van der Waals surface area contributed by atoms with Gasteiger partial charge < -0.3 is 10.1 Å². The minimum absolute atomic E-state index is 0.0823. The highest BCUT2D eigenvalue weighted by atomic mass is 35.5. The molecule has 0 radical (unpaired) electrons. The van der Waals surface area contributed by atoms with Gasteiger partial charge in [0.2, 0.25) is 5.28 Å². The summed E-state index contributed by atoms with van der Waals surface area (Å²) in [5.41, 5.74) is 0.173. The molecule has 2 heterocycles. The first-order chi connectivity index (χ1) is 10.5. The summed E-state index contributed by atoms with van der Waals surface area (Å²) in [6, 6.07) is 3.53. The second kappa shape index (κ2) is 6.70. The van der Waals surface area contributed by atoms with Crippen LogP contribution in [-0.2, 0) is 9.53 Å². The third-order valence-corrected chi connectivity index (χ3v) is 3.48. The van der Waals surface area contributed by atoms with E-state index >= 15 is 0 Å². The molecule has 6 nitrogen and oxygen atoms in total. The topological polar surface area (TPSA) is 77.0 Å². The fourth-order valence-corrected chi connectivity index (χ4v) is 2.29. The monoisotopic (exact) mass is 320 g/mol. The zero-order valence-corrected chi connectivity index (χ0v) is 13.2. The average molecular weight is 321 g/mol. The molecule has 0 aromatic carbocycles. The maximum atomic E-state index is 12.1. The highest BCUT2D eigenvalue weighted by Crippen LogP contribution is 2.26. The maximum absolute atomic E-state index is 12.1. The van der Waals surface area contributed by atoms with E-state index in [9.17, 15) is 4.79 Å². The minimum Gasteiger partial charge on any atom is -0.467 e. The number of anilines is 1. The van der Waals surface area contributed by atoms with Crippen molar-refractivity contribution in [3.63, 3.8) is 0 Å². The van der Waals surface area contributed by atoms with E-state index in [-0.39, 0.29) is 5.28 Å². The van der Waals surface area contributed by atoms with E-state index in [4.69, 9.17) is 16.3 Å². The number of aromatic nitrogens is 3. The predicted molar refractivity (Wildman–Crippen MR) is 85.8 cm³/mol. The Bertz CT molecular complexity index is 707. The number of ether oxygens (including phenoxy) is 1. The Kier molecular flexibility index (Phi) is 4.92. The quantitative estimate of drug-likeness (QED) is 0.501. The van der Waals surface area contributed by atoms with Crippen LogP contribution in [0.3, 0.4) is 0 Å². The number of allylic oxidation sites excluding steroid dienone is 1. The Hall–Kier alpha value is -2.21. The lowest BCUT2D eigenvalue weighted by molar-refractivity contribution is -0.145. The van der Waals surface area contributed by atoms with Gasteiger partial charge in [-0.05, 0) is 43.5 Å². The van der Waals surface area contributed by atoms with Crippen LogP contribution in [0.2, 0.25) is 5.28 Å². The van der Waals surface area contributed by atoms with Crippen molar-refractivity contribution in [2.75, 3.05) is 12.4 Å². The van der Waals surface area contributed by atoms with Crippen LogP contribution in [0.4, 0.5) is 5.82 Å². The molecular formula is C15H17ClN4O2. The van der Waals surface area contributed by atoms with Crippen molar-refractivity contribution >= 4 is 34.4 Å². The molecule has 0 aliphatic carbocycles. The van der Waals surface area contributed by atoms with Gasteiger partial charge in [-0.2, -0.15) is 4.98 Å². The van der Waals surface area contributed by atoms with Crippen molar-refractivity contribution < 1.29 is 9.53 Å². The Balaban J connectivity index is 2.45. The first-order valence-electron chi connectivity index (χ1n) is 6.76. The summed E-state index contributed by atoms with van der Waals surface area (Å²) >= 11 is 5.95. The third kappa shape index (κ3) is 3.33. The molecule has 0 saturated carbocycles. The van der Waals surface area contributed by atoms with Gasteiger partial charge in [-0.15, -0.1) is 6.58 Å². The molecule has 0 fully saturated rings. The molecule has 1 N–H and O–H groups in total. The highest BCUT2D eigenvalue weighted by Gasteiger charge is 2.34. The molecule has 0 amide bonds. The summed E-state index contributed by atoms with van der Waals surface area (Å²) in [5, 5.41) is 3.19. The van der Waals surface area contributed by atoms with Crippen LogP contribution in [0, 0.1) is 0 Å². The van der Waals surface area contributed by atoms with Crippen molar-refractivity contribution in [2.45, 2.75) is 25.3 Å².